The fourth-order valence-electron chi connectivity index (χ4n) is 2.58. The first-order valence-corrected chi connectivity index (χ1v) is 8.11. The lowest BCUT2D eigenvalue weighted by molar-refractivity contribution is -0.122. The van der Waals surface area contributed by atoms with Crippen molar-refractivity contribution in [2.75, 3.05) is 10.6 Å². The van der Waals surface area contributed by atoms with Crippen LogP contribution in [-0.2, 0) is 11.3 Å². The number of nitrogens with one attached hydrogen (secondary N) is 3. The van der Waals surface area contributed by atoms with Gasteiger partial charge in [-0.15, -0.1) is 0 Å². The van der Waals surface area contributed by atoms with Gasteiger partial charge in [0.15, 0.2) is 0 Å². The first-order valence-electron chi connectivity index (χ1n) is 8.11. The Morgan fingerprint density at radius 3 is 2.38 bits per heavy atom. The van der Waals surface area contributed by atoms with E-state index in [2.05, 4.69) is 22.9 Å². The summed E-state index contributed by atoms with van der Waals surface area (Å²) >= 11 is 0. The van der Waals surface area contributed by atoms with Gasteiger partial charge in [0.1, 0.15) is 0 Å². The van der Waals surface area contributed by atoms with Crippen LogP contribution < -0.4 is 16.0 Å². The van der Waals surface area contributed by atoms with Crippen molar-refractivity contribution in [2.24, 2.45) is 11.8 Å². The van der Waals surface area contributed by atoms with Gasteiger partial charge in [-0.1, -0.05) is 37.3 Å². The minimum absolute atomic E-state index is 0.114. The Morgan fingerprint density at radius 2 is 1.67 bits per heavy atom. The third kappa shape index (κ3) is 4.35. The van der Waals surface area contributed by atoms with Gasteiger partial charge in [0.25, 0.3) is 0 Å². The molecule has 3 rings (SSSR count). The van der Waals surface area contributed by atoms with Gasteiger partial charge >= 0.3 is 6.03 Å². The van der Waals surface area contributed by atoms with E-state index in [1.165, 1.54) is 0 Å². The molecule has 0 unspecified atom stereocenters. The van der Waals surface area contributed by atoms with Gasteiger partial charge in [-0.2, -0.15) is 0 Å². The van der Waals surface area contributed by atoms with Gasteiger partial charge in [-0.05, 0) is 42.2 Å². The minimum Gasteiger partial charge on any atom is -0.352 e. The van der Waals surface area contributed by atoms with E-state index in [-0.39, 0.29) is 17.9 Å². The summed E-state index contributed by atoms with van der Waals surface area (Å²) in [5.41, 5.74) is 2.38. The Hall–Kier alpha value is -2.82. The van der Waals surface area contributed by atoms with E-state index in [1.54, 1.807) is 0 Å². The molecule has 1 aliphatic rings. The molecule has 1 aliphatic carbocycles. The second kappa shape index (κ2) is 7.17. The van der Waals surface area contributed by atoms with Crippen molar-refractivity contribution in [1.29, 1.82) is 0 Å². The summed E-state index contributed by atoms with van der Waals surface area (Å²) in [6.07, 6.45) is 0.979. The summed E-state index contributed by atoms with van der Waals surface area (Å²) in [6.45, 7) is 2.55. The second-order valence-electron chi connectivity index (χ2n) is 6.18. The Kier molecular flexibility index (Phi) is 4.79. The topological polar surface area (TPSA) is 70.2 Å². The SMILES string of the molecule is C[C@H]1C[C@@H]1C(=O)NCc1cccc(NC(=O)Nc2ccccc2)c1. The quantitative estimate of drug-likeness (QED) is 0.787. The maximum atomic E-state index is 12.0. The van der Waals surface area contributed by atoms with Crippen LogP contribution in [0.3, 0.4) is 0 Å². The largest absolute Gasteiger partial charge is 0.352 e. The van der Waals surface area contributed by atoms with E-state index >= 15 is 0 Å². The summed E-state index contributed by atoms with van der Waals surface area (Å²) in [7, 11) is 0. The maximum absolute atomic E-state index is 12.0. The Morgan fingerprint density at radius 1 is 1.00 bits per heavy atom. The van der Waals surface area contributed by atoms with Gasteiger partial charge in [-0.25, -0.2) is 4.79 Å². The molecule has 0 heterocycles. The zero-order valence-corrected chi connectivity index (χ0v) is 13.6. The third-order valence-corrected chi connectivity index (χ3v) is 4.13. The number of carbonyl (C=O) groups excluding carboxylic acids is 2. The van der Waals surface area contributed by atoms with E-state index in [4.69, 9.17) is 0 Å². The number of hydrogen-bond donors (Lipinski definition) is 3. The van der Waals surface area contributed by atoms with Crippen LogP contribution in [0.1, 0.15) is 18.9 Å². The van der Waals surface area contributed by atoms with Crippen LogP contribution in [0.4, 0.5) is 16.2 Å². The Balaban J connectivity index is 1.52. The predicted molar refractivity (Wildman–Crippen MR) is 94.6 cm³/mol. The zero-order chi connectivity index (χ0) is 16.9. The minimum atomic E-state index is -0.297. The number of carbonyl (C=O) groups is 2. The average molecular weight is 323 g/mol. The molecule has 2 aromatic carbocycles. The summed E-state index contributed by atoms with van der Waals surface area (Å²) in [5, 5.41) is 8.51. The van der Waals surface area contributed by atoms with Crippen molar-refractivity contribution < 1.29 is 9.59 Å². The molecule has 1 fully saturated rings. The molecule has 0 bridgehead atoms. The summed E-state index contributed by atoms with van der Waals surface area (Å²) in [5.74, 6) is 0.783. The number of para-hydroxylation sites is 1. The highest BCUT2D eigenvalue weighted by Crippen LogP contribution is 2.37. The molecule has 0 aliphatic heterocycles. The molecular formula is C19H21N3O2. The third-order valence-electron chi connectivity index (χ3n) is 4.13. The lowest BCUT2D eigenvalue weighted by Crippen LogP contribution is -2.25. The molecular weight excluding hydrogens is 302 g/mol. The van der Waals surface area contributed by atoms with Crippen molar-refractivity contribution in [3.8, 4) is 0 Å². The number of anilines is 2. The second-order valence-corrected chi connectivity index (χ2v) is 6.18. The molecule has 0 aromatic heterocycles. The van der Waals surface area contributed by atoms with Crippen LogP contribution in [0, 0.1) is 11.8 Å². The number of hydrogen-bond acceptors (Lipinski definition) is 2. The van der Waals surface area contributed by atoms with E-state index in [1.807, 2.05) is 54.6 Å². The number of urea groups is 1. The molecule has 24 heavy (non-hydrogen) atoms. The molecule has 3 N–H and O–H groups in total. The van der Waals surface area contributed by atoms with E-state index in [0.29, 0.717) is 18.2 Å². The molecule has 5 heteroatoms. The molecule has 5 nitrogen and oxygen atoms in total. The number of rotatable bonds is 5. The monoisotopic (exact) mass is 323 g/mol. The van der Waals surface area contributed by atoms with Gasteiger partial charge in [0.05, 0.1) is 0 Å². The molecule has 3 amide bonds. The number of amides is 3. The zero-order valence-electron chi connectivity index (χ0n) is 13.6. The first kappa shape index (κ1) is 16.1. The normalized spacial score (nSPS) is 18.5. The average Bonchev–Trinajstić information content (AvgIpc) is 3.31. The highest BCUT2D eigenvalue weighted by atomic mass is 16.2. The van der Waals surface area contributed by atoms with Crippen LogP contribution in [0.15, 0.2) is 54.6 Å². The van der Waals surface area contributed by atoms with E-state index in [0.717, 1.165) is 17.7 Å². The van der Waals surface area contributed by atoms with Gasteiger partial charge in [-0.3, -0.25) is 4.79 Å². The first-order chi connectivity index (χ1) is 11.6. The summed E-state index contributed by atoms with van der Waals surface area (Å²) in [4.78, 5) is 23.9. The van der Waals surface area contributed by atoms with Crippen molar-refractivity contribution in [3.63, 3.8) is 0 Å². The Labute approximate surface area is 141 Å². The standard InChI is InChI=1S/C19H21N3O2/c1-13-10-17(13)18(23)20-12-14-6-5-9-16(11-14)22-19(24)21-15-7-3-2-4-8-15/h2-9,11,13,17H,10,12H2,1H3,(H,20,23)(H2,21,22,24)/t13-,17-/m0/s1. The fraction of sp³-hybridized carbons (Fsp3) is 0.263. The molecule has 0 spiro atoms. The molecule has 0 saturated heterocycles. The van der Waals surface area contributed by atoms with Gasteiger partial charge in [0, 0.05) is 23.8 Å². The van der Waals surface area contributed by atoms with E-state index in [9.17, 15) is 9.59 Å². The van der Waals surface area contributed by atoms with Crippen LogP contribution in [0.5, 0.6) is 0 Å². The van der Waals surface area contributed by atoms with Crippen LogP contribution in [-0.4, -0.2) is 11.9 Å². The van der Waals surface area contributed by atoms with E-state index < -0.39 is 0 Å². The van der Waals surface area contributed by atoms with Crippen molar-refractivity contribution in [3.05, 3.63) is 60.2 Å². The lowest BCUT2D eigenvalue weighted by Gasteiger charge is -2.10. The Bertz CT molecular complexity index is 730. The highest BCUT2D eigenvalue weighted by molar-refractivity contribution is 5.99. The molecule has 2 aromatic rings. The van der Waals surface area contributed by atoms with Crippen molar-refractivity contribution in [2.45, 2.75) is 19.9 Å². The molecule has 0 radical (unpaired) electrons. The lowest BCUT2D eigenvalue weighted by atomic mass is 10.2. The van der Waals surface area contributed by atoms with Crippen LogP contribution in [0.25, 0.3) is 0 Å². The van der Waals surface area contributed by atoms with Crippen LogP contribution >= 0.6 is 0 Å². The van der Waals surface area contributed by atoms with Crippen molar-refractivity contribution >= 4 is 23.3 Å². The molecule has 1 saturated carbocycles. The smallest absolute Gasteiger partial charge is 0.323 e. The molecule has 2 atom stereocenters. The maximum Gasteiger partial charge on any atom is 0.323 e. The van der Waals surface area contributed by atoms with Gasteiger partial charge in [0.2, 0.25) is 5.91 Å². The summed E-state index contributed by atoms with van der Waals surface area (Å²) < 4.78 is 0. The molecule has 124 valence electrons. The van der Waals surface area contributed by atoms with Crippen LogP contribution in [0.2, 0.25) is 0 Å². The number of benzene rings is 2. The fourth-order valence-corrected chi connectivity index (χ4v) is 2.58. The highest BCUT2D eigenvalue weighted by Gasteiger charge is 2.38. The summed E-state index contributed by atoms with van der Waals surface area (Å²) in [6, 6.07) is 16.4. The van der Waals surface area contributed by atoms with Gasteiger partial charge < -0.3 is 16.0 Å². The predicted octanol–water partition coefficient (Wildman–Crippen LogP) is 3.60. The van der Waals surface area contributed by atoms with Crippen molar-refractivity contribution in [1.82, 2.24) is 5.32 Å².